The number of nitrogens with zero attached hydrogens (tertiary/aromatic N) is 1. The molecule has 3 rings (SSSR count). The van der Waals surface area contributed by atoms with Crippen molar-refractivity contribution in [2.24, 2.45) is 4.99 Å². The van der Waals surface area contributed by atoms with Crippen molar-refractivity contribution >= 4 is 17.3 Å². The van der Waals surface area contributed by atoms with E-state index in [0.29, 0.717) is 6.54 Å². The zero-order valence-corrected chi connectivity index (χ0v) is 15.0. The minimum atomic E-state index is 0.663. The molecule has 2 aromatic heterocycles. The van der Waals surface area contributed by atoms with Gasteiger partial charge in [0.2, 0.25) is 0 Å². The maximum absolute atomic E-state index is 5.38. The number of hydrogen-bond donors (Lipinski definition) is 2. The van der Waals surface area contributed by atoms with Crippen molar-refractivity contribution in [3.8, 4) is 0 Å². The van der Waals surface area contributed by atoms with Crippen molar-refractivity contribution in [3.05, 3.63) is 82.4 Å². The highest BCUT2D eigenvalue weighted by molar-refractivity contribution is 7.09. The van der Waals surface area contributed by atoms with Gasteiger partial charge in [0.15, 0.2) is 5.96 Å². The minimum Gasteiger partial charge on any atom is -0.469 e. The molecule has 0 amide bonds. The van der Waals surface area contributed by atoms with Crippen LogP contribution in [0.5, 0.6) is 0 Å². The largest absolute Gasteiger partial charge is 0.469 e. The van der Waals surface area contributed by atoms with Crippen molar-refractivity contribution < 1.29 is 4.42 Å². The SMILES string of the molecule is c1ccc(CN=C(NCCc2ccco2)NCCc2cccs2)cc1. The maximum atomic E-state index is 5.38. The molecule has 25 heavy (non-hydrogen) atoms. The number of thiophene rings is 1. The maximum Gasteiger partial charge on any atom is 0.191 e. The lowest BCUT2D eigenvalue weighted by Crippen LogP contribution is -2.39. The second-order valence-corrected chi connectivity index (χ2v) is 6.69. The van der Waals surface area contributed by atoms with Crippen LogP contribution < -0.4 is 10.6 Å². The molecule has 0 aliphatic rings. The summed E-state index contributed by atoms with van der Waals surface area (Å²) in [5, 5.41) is 8.93. The summed E-state index contributed by atoms with van der Waals surface area (Å²) in [4.78, 5) is 6.08. The van der Waals surface area contributed by atoms with Crippen molar-refractivity contribution in [3.63, 3.8) is 0 Å². The predicted molar refractivity (Wildman–Crippen MR) is 104 cm³/mol. The second-order valence-electron chi connectivity index (χ2n) is 5.66. The Labute approximate surface area is 152 Å². The topological polar surface area (TPSA) is 49.6 Å². The van der Waals surface area contributed by atoms with E-state index in [1.165, 1.54) is 10.4 Å². The van der Waals surface area contributed by atoms with Crippen molar-refractivity contribution in [1.82, 2.24) is 10.6 Å². The highest BCUT2D eigenvalue weighted by Crippen LogP contribution is 2.08. The molecule has 0 saturated carbocycles. The molecule has 0 bridgehead atoms. The minimum absolute atomic E-state index is 0.663. The van der Waals surface area contributed by atoms with Crippen LogP contribution in [0.15, 0.2) is 75.7 Å². The number of furan rings is 1. The van der Waals surface area contributed by atoms with Crippen LogP contribution in [0.3, 0.4) is 0 Å². The standard InChI is InChI=1S/C20H23N3OS/c1-2-6-17(7-3-1)16-23-20(21-12-10-18-8-4-14-24-18)22-13-11-19-9-5-15-25-19/h1-9,14-15H,10-13,16H2,(H2,21,22,23). The lowest BCUT2D eigenvalue weighted by molar-refractivity contribution is 0.506. The molecule has 2 N–H and O–H groups in total. The van der Waals surface area contributed by atoms with E-state index in [1.54, 1.807) is 17.6 Å². The fourth-order valence-corrected chi connectivity index (χ4v) is 3.15. The van der Waals surface area contributed by atoms with Gasteiger partial charge in [0.05, 0.1) is 12.8 Å². The van der Waals surface area contributed by atoms with E-state index < -0.39 is 0 Å². The molecule has 1 aromatic carbocycles. The molecular weight excluding hydrogens is 330 g/mol. The quantitative estimate of drug-likeness (QED) is 0.477. The number of aliphatic imine (C=N–C) groups is 1. The summed E-state index contributed by atoms with van der Waals surface area (Å²) in [6, 6.07) is 18.5. The second kappa shape index (κ2) is 9.69. The van der Waals surface area contributed by atoms with Gasteiger partial charge in [0, 0.05) is 24.4 Å². The summed E-state index contributed by atoms with van der Waals surface area (Å²) < 4.78 is 5.38. The van der Waals surface area contributed by atoms with Crippen LogP contribution in [0.2, 0.25) is 0 Å². The lowest BCUT2D eigenvalue weighted by Gasteiger charge is -2.12. The number of nitrogens with one attached hydrogen (secondary N) is 2. The molecule has 5 heteroatoms. The Morgan fingerprint density at radius 2 is 1.76 bits per heavy atom. The van der Waals surface area contributed by atoms with Crippen LogP contribution in [0.4, 0.5) is 0 Å². The third kappa shape index (κ3) is 6.12. The van der Waals surface area contributed by atoms with Crippen LogP contribution in [0, 0.1) is 0 Å². The fourth-order valence-electron chi connectivity index (χ4n) is 2.45. The molecule has 0 radical (unpaired) electrons. The predicted octanol–water partition coefficient (Wildman–Crippen LogP) is 3.86. The number of hydrogen-bond acceptors (Lipinski definition) is 3. The van der Waals surface area contributed by atoms with Crippen molar-refractivity contribution in [2.45, 2.75) is 19.4 Å². The smallest absolute Gasteiger partial charge is 0.191 e. The van der Waals surface area contributed by atoms with E-state index in [4.69, 9.17) is 9.41 Å². The molecule has 3 aromatic rings. The van der Waals surface area contributed by atoms with Gasteiger partial charge in [-0.05, 0) is 35.6 Å². The van der Waals surface area contributed by atoms with Gasteiger partial charge in [0.25, 0.3) is 0 Å². The molecule has 0 fully saturated rings. The molecule has 0 spiro atoms. The van der Waals surface area contributed by atoms with Crippen LogP contribution in [-0.4, -0.2) is 19.0 Å². The Hall–Kier alpha value is -2.53. The summed E-state index contributed by atoms with van der Waals surface area (Å²) in [6.07, 6.45) is 3.55. The average molecular weight is 353 g/mol. The van der Waals surface area contributed by atoms with E-state index in [9.17, 15) is 0 Å². The molecule has 0 aliphatic carbocycles. The molecule has 2 heterocycles. The number of guanidine groups is 1. The molecule has 0 saturated heterocycles. The van der Waals surface area contributed by atoms with Crippen molar-refractivity contribution in [1.29, 1.82) is 0 Å². The first-order valence-electron chi connectivity index (χ1n) is 8.51. The monoisotopic (exact) mass is 353 g/mol. The van der Waals surface area contributed by atoms with Gasteiger partial charge in [-0.15, -0.1) is 11.3 Å². The van der Waals surface area contributed by atoms with Crippen LogP contribution in [-0.2, 0) is 19.4 Å². The van der Waals surface area contributed by atoms with Crippen molar-refractivity contribution in [2.75, 3.05) is 13.1 Å². The van der Waals surface area contributed by atoms with Gasteiger partial charge in [-0.1, -0.05) is 36.4 Å². The Morgan fingerprint density at radius 1 is 0.920 bits per heavy atom. The summed E-state index contributed by atoms with van der Waals surface area (Å²) in [5.74, 6) is 1.82. The highest BCUT2D eigenvalue weighted by Gasteiger charge is 2.01. The van der Waals surface area contributed by atoms with E-state index >= 15 is 0 Å². The number of rotatable bonds is 8. The molecule has 4 nitrogen and oxygen atoms in total. The van der Waals surface area contributed by atoms with Gasteiger partial charge >= 0.3 is 0 Å². The van der Waals surface area contributed by atoms with Gasteiger partial charge in [-0.3, -0.25) is 0 Å². The third-order valence-electron chi connectivity index (χ3n) is 3.75. The summed E-state index contributed by atoms with van der Waals surface area (Å²) in [7, 11) is 0. The van der Waals surface area contributed by atoms with Gasteiger partial charge in [0.1, 0.15) is 5.76 Å². The third-order valence-corrected chi connectivity index (χ3v) is 4.69. The lowest BCUT2D eigenvalue weighted by atomic mass is 10.2. The number of benzene rings is 1. The van der Waals surface area contributed by atoms with E-state index in [0.717, 1.165) is 37.7 Å². The Morgan fingerprint density at radius 3 is 2.48 bits per heavy atom. The van der Waals surface area contributed by atoms with Gasteiger partial charge in [-0.2, -0.15) is 0 Å². The molecule has 130 valence electrons. The first-order valence-corrected chi connectivity index (χ1v) is 9.39. The Kier molecular flexibility index (Phi) is 6.70. The summed E-state index contributed by atoms with van der Waals surface area (Å²) >= 11 is 1.79. The van der Waals surface area contributed by atoms with Crippen LogP contribution in [0.25, 0.3) is 0 Å². The highest BCUT2D eigenvalue weighted by atomic mass is 32.1. The summed E-state index contributed by atoms with van der Waals surface area (Å²) in [5.41, 5.74) is 1.20. The Balaban J connectivity index is 1.52. The van der Waals surface area contributed by atoms with E-state index in [1.807, 2.05) is 30.3 Å². The zero-order valence-electron chi connectivity index (χ0n) is 14.2. The average Bonchev–Trinajstić information content (AvgIpc) is 3.34. The summed E-state index contributed by atoms with van der Waals surface area (Å²) in [6.45, 7) is 2.31. The first kappa shape index (κ1) is 17.3. The Bertz CT molecular complexity index is 694. The van der Waals surface area contributed by atoms with Crippen LogP contribution in [0.1, 0.15) is 16.2 Å². The van der Waals surface area contributed by atoms with Gasteiger partial charge < -0.3 is 15.1 Å². The normalized spacial score (nSPS) is 11.4. The molecular formula is C20H23N3OS. The molecule has 0 aliphatic heterocycles. The van der Waals surface area contributed by atoms with Gasteiger partial charge in [-0.25, -0.2) is 4.99 Å². The zero-order chi connectivity index (χ0) is 17.2. The fraction of sp³-hybridized carbons (Fsp3) is 0.250. The first-order chi connectivity index (χ1) is 12.4. The van der Waals surface area contributed by atoms with E-state index in [2.05, 4.69) is 40.3 Å². The van der Waals surface area contributed by atoms with E-state index in [-0.39, 0.29) is 0 Å². The van der Waals surface area contributed by atoms with Crippen LogP contribution >= 0.6 is 11.3 Å². The molecule has 0 atom stereocenters. The molecule has 0 unspecified atom stereocenters.